The maximum Gasteiger partial charge on any atom is 0.409 e. The first-order valence-corrected chi connectivity index (χ1v) is 9.63. The van der Waals surface area contributed by atoms with Gasteiger partial charge in [-0.1, -0.05) is 32.7 Å². The van der Waals surface area contributed by atoms with Crippen molar-refractivity contribution in [2.75, 3.05) is 4.90 Å². The van der Waals surface area contributed by atoms with Crippen LogP contribution in [0.3, 0.4) is 0 Å². The number of benzene rings is 1. The second-order valence-electron chi connectivity index (χ2n) is 6.52. The molecule has 7 nitrogen and oxygen atoms in total. The number of fused-ring (bicyclic) bond motifs is 1. The number of hydrogen-bond acceptors (Lipinski definition) is 4. The largest absolute Gasteiger partial charge is 0.409 e. The van der Waals surface area contributed by atoms with Gasteiger partial charge in [-0.25, -0.2) is 4.68 Å². The molecule has 1 unspecified atom stereocenters. The van der Waals surface area contributed by atoms with Gasteiger partial charge in [-0.2, -0.15) is 18.3 Å². The van der Waals surface area contributed by atoms with E-state index in [9.17, 15) is 18.0 Å². The topological polar surface area (TPSA) is 68.8 Å². The molecule has 3 aromatic rings. The van der Waals surface area contributed by atoms with E-state index in [1.165, 1.54) is 21.8 Å². The molecule has 0 saturated carbocycles. The van der Waals surface area contributed by atoms with Gasteiger partial charge in [-0.3, -0.25) is 14.4 Å². The van der Waals surface area contributed by atoms with Crippen LogP contribution in [0, 0.1) is 0 Å². The molecule has 1 aliphatic heterocycles. The Morgan fingerprint density at radius 3 is 2.76 bits per heavy atom. The summed E-state index contributed by atoms with van der Waals surface area (Å²) in [4.78, 5) is 13.8. The van der Waals surface area contributed by atoms with Crippen LogP contribution in [0.25, 0.3) is 5.69 Å². The number of aryl methyl sites for hydroxylation is 1. The highest BCUT2D eigenvalue weighted by Crippen LogP contribution is 2.38. The second kappa shape index (κ2) is 7.13. The van der Waals surface area contributed by atoms with E-state index < -0.39 is 18.1 Å². The molecule has 0 spiro atoms. The van der Waals surface area contributed by atoms with E-state index in [0.717, 1.165) is 4.47 Å². The molecule has 3 heterocycles. The zero-order chi connectivity index (χ0) is 20.9. The molecule has 1 amide bonds. The van der Waals surface area contributed by atoms with Crippen LogP contribution in [0.2, 0.25) is 5.02 Å². The number of amides is 1. The Balaban J connectivity index is 1.73. The minimum Gasteiger partial charge on any atom is -0.291 e. The molecule has 29 heavy (non-hydrogen) atoms. The first-order chi connectivity index (χ1) is 13.7. The Kier molecular flexibility index (Phi) is 4.89. The summed E-state index contributed by atoms with van der Waals surface area (Å²) in [6.07, 6.45) is -2.15. The van der Waals surface area contributed by atoms with E-state index in [1.807, 2.05) is 0 Å². The quantitative estimate of drug-likeness (QED) is 0.547. The SMILES string of the molecule is Cn1ncc2c1CCC(C(F)(F)F)N2C(=O)c1cn(-c2ccc(Br)cc2Cl)nn1. The maximum atomic E-state index is 13.6. The summed E-state index contributed by atoms with van der Waals surface area (Å²) in [6, 6.07) is 3.03. The fourth-order valence-corrected chi connectivity index (χ4v) is 4.10. The number of alkyl halides is 3. The van der Waals surface area contributed by atoms with Gasteiger partial charge >= 0.3 is 6.18 Å². The molecule has 1 atom stereocenters. The Bertz CT molecular complexity index is 1100. The van der Waals surface area contributed by atoms with Crippen LogP contribution in [0.5, 0.6) is 0 Å². The molecule has 2 aromatic heterocycles. The molecular weight excluding hydrogens is 477 g/mol. The number of carbonyl (C=O) groups excluding carboxylic acids is 1. The summed E-state index contributed by atoms with van der Waals surface area (Å²) in [5, 5.41) is 12.0. The van der Waals surface area contributed by atoms with Crippen LogP contribution in [0.1, 0.15) is 22.6 Å². The predicted molar refractivity (Wildman–Crippen MR) is 102 cm³/mol. The van der Waals surface area contributed by atoms with Gasteiger partial charge in [-0.05, 0) is 31.0 Å². The fourth-order valence-electron chi connectivity index (χ4n) is 3.34. The number of rotatable bonds is 2. The smallest absolute Gasteiger partial charge is 0.291 e. The zero-order valence-corrected chi connectivity index (χ0v) is 17.2. The Morgan fingerprint density at radius 2 is 2.07 bits per heavy atom. The van der Waals surface area contributed by atoms with Crippen molar-refractivity contribution < 1.29 is 18.0 Å². The van der Waals surface area contributed by atoms with E-state index in [1.54, 1.807) is 25.2 Å². The van der Waals surface area contributed by atoms with Gasteiger partial charge in [-0.15, -0.1) is 5.10 Å². The first-order valence-electron chi connectivity index (χ1n) is 8.45. The number of carbonyl (C=O) groups is 1. The summed E-state index contributed by atoms with van der Waals surface area (Å²) < 4.78 is 44.4. The Labute approximate surface area is 176 Å². The third-order valence-electron chi connectivity index (χ3n) is 4.73. The number of aromatic nitrogens is 5. The predicted octanol–water partition coefficient (Wildman–Crippen LogP) is 3.94. The standard InChI is InChI=1S/C17H13BrClF3N6O/c1-26-13-4-5-15(17(20,21)22)28(14(13)7-23-26)16(29)11-8-27(25-24-11)12-3-2-9(18)6-10(12)19/h2-3,6-8,15H,4-5H2,1H3. The van der Waals surface area contributed by atoms with Gasteiger partial charge in [0, 0.05) is 11.5 Å². The lowest BCUT2D eigenvalue weighted by molar-refractivity contribution is -0.149. The van der Waals surface area contributed by atoms with Gasteiger partial charge in [0.15, 0.2) is 5.69 Å². The van der Waals surface area contributed by atoms with Crippen LogP contribution < -0.4 is 4.90 Å². The van der Waals surface area contributed by atoms with Crippen molar-refractivity contribution in [2.45, 2.75) is 25.1 Å². The summed E-state index contributed by atoms with van der Waals surface area (Å²) in [7, 11) is 1.63. The van der Waals surface area contributed by atoms with Crippen molar-refractivity contribution in [3.63, 3.8) is 0 Å². The van der Waals surface area contributed by atoms with Crippen LogP contribution in [0.15, 0.2) is 35.1 Å². The van der Waals surface area contributed by atoms with Gasteiger partial charge in [0.05, 0.1) is 34.5 Å². The van der Waals surface area contributed by atoms with Crippen LogP contribution in [-0.4, -0.2) is 42.9 Å². The number of nitrogens with zero attached hydrogens (tertiary/aromatic N) is 6. The summed E-state index contributed by atoms with van der Waals surface area (Å²) in [6.45, 7) is 0. The molecule has 12 heteroatoms. The van der Waals surface area contributed by atoms with Crippen molar-refractivity contribution in [2.24, 2.45) is 7.05 Å². The maximum absolute atomic E-state index is 13.6. The van der Waals surface area contributed by atoms with E-state index >= 15 is 0 Å². The summed E-state index contributed by atoms with van der Waals surface area (Å²) in [5.74, 6) is -0.902. The molecule has 0 bridgehead atoms. The number of anilines is 1. The average molecular weight is 490 g/mol. The van der Waals surface area contributed by atoms with E-state index in [4.69, 9.17) is 11.6 Å². The normalized spacial score (nSPS) is 16.8. The molecule has 1 aliphatic rings. The fraction of sp³-hybridized carbons (Fsp3) is 0.294. The minimum absolute atomic E-state index is 0.127. The molecule has 0 radical (unpaired) electrons. The molecule has 0 saturated heterocycles. The van der Waals surface area contributed by atoms with Crippen LogP contribution in [0.4, 0.5) is 18.9 Å². The average Bonchev–Trinajstić information content (AvgIpc) is 3.27. The molecular formula is C17H13BrClF3N6O. The molecule has 4 rings (SSSR count). The van der Waals surface area contributed by atoms with Crippen LogP contribution in [-0.2, 0) is 13.5 Å². The summed E-state index contributed by atoms with van der Waals surface area (Å²) in [5.41, 5.74) is 0.897. The van der Waals surface area contributed by atoms with Crippen LogP contribution >= 0.6 is 27.5 Å². The van der Waals surface area contributed by atoms with Gasteiger partial charge in [0.25, 0.3) is 5.91 Å². The molecule has 0 N–H and O–H groups in total. The third-order valence-corrected chi connectivity index (χ3v) is 5.53. The highest BCUT2D eigenvalue weighted by atomic mass is 79.9. The molecule has 1 aromatic carbocycles. The van der Waals surface area contributed by atoms with Crippen molar-refractivity contribution in [3.8, 4) is 5.69 Å². The van der Waals surface area contributed by atoms with Gasteiger partial charge < -0.3 is 0 Å². The lowest BCUT2D eigenvalue weighted by atomic mass is 10.00. The molecule has 0 fully saturated rings. The minimum atomic E-state index is -4.59. The van der Waals surface area contributed by atoms with Crippen molar-refractivity contribution in [1.29, 1.82) is 0 Å². The molecule has 0 aliphatic carbocycles. The van der Waals surface area contributed by atoms with Crippen molar-refractivity contribution >= 4 is 39.1 Å². The zero-order valence-electron chi connectivity index (χ0n) is 14.9. The highest BCUT2D eigenvalue weighted by molar-refractivity contribution is 9.10. The van der Waals surface area contributed by atoms with E-state index in [2.05, 4.69) is 31.3 Å². The Morgan fingerprint density at radius 1 is 1.31 bits per heavy atom. The van der Waals surface area contributed by atoms with E-state index in [0.29, 0.717) is 21.3 Å². The highest BCUT2D eigenvalue weighted by Gasteiger charge is 2.49. The van der Waals surface area contributed by atoms with E-state index in [-0.39, 0.29) is 24.2 Å². The lowest BCUT2D eigenvalue weighted by Crippen LogP contribution is -2.51. The summed E-state index contributed by atoms with van der Waals surface area (Å²) >= 11 is 9.47. The van der Waals surface area contributed by atoms with Crippen molar-refractivity contribution in [3.05, 3.63) is 51.5 Å². The van der Waals surface area contributed by atoms with Gasteiger partial charge in [0.1, 0.15) is 6.04 Å². The monoisotopic (exact) mass is 488 g/mol. The Hall–Kier alpha value is -2.40. The van der Waals surface area contributed by atoms with Gasteiger partial charge in [0.2, 0.25) is 0 Å². The van der Waals surface area contributed by atoms with Crippen molar-refractivity contribution in [1.82, 2.24) is 24.8 Å². The first kappa shape index (κ1) is 19.9. The number of halogens is 5. The number of hydrogen-bond donors (Lipinski definition) is 0. The second-order valence-corrected chi connectivity index (χ2v) is 7.84. The third kappa shape index (κ3) is 3.52. The lowest BCUT2D eigenvalue weighted by Gasteiger charge is -2.35. The molecule has 152 valence electrons.